The van der Waals surface area contributed by atoms with Crippen LogP contribution < -0.4 is 5.32 Å². The smallest absolute Gasteiger partial charge is 0.291 e. The van der Waals surface area contributed by atoms with E-state index in [-0.39, 0.29) is 21.2 Å². The number of benzene rings is 1. The monoisotopic (exact) mass is 333 g/mol. The van der Waals surface area contributed by atoms with Crippen LogP contribution in [-0.2, 0) is 9.84 Å². The van der Waals surface area contributed by atoms with E-state index in [1.165, 1.54) is 41.2 Å². The molecule has 3 rings (SSSR count). The summed E-state index contributed by atoms with van der Waals surface area (Å²) in [5.74, 6) is -0.373. The molecule has 0 aliphatic carbocycles. The minimum Gasteiger partial charge on any atom is -0.459 e. The number of sulfone groups is 1. The van der Waals surface area contributed by atoms with Gasteiger partial charge in [-0.1, -0.05) is 18.2 Å². The molecule has 1 amide bonds. The Hall–Kier alpha value is -2.38. The largest absolute Gasteiger partial charge is 0.459 e. The normalized spacial score (nSPS) is 11.3. The number of hydrogen-bond donors (Lipinski definition) is 1. The molecule has 0 fully saturated rings. The Kier molecular flexibility index (Phi) is 3.82. The SMILES string of the molecule is O=C(Nc1cscc1S(=O)(=O)c1ccccc1)c1ccco1. The number of carbonyl (C=O) groups is 1. The zero-order valence-electron chi connectivity index (χ0n) is 11.2. The Morgan fingerprint density at radius 3 is 2.50 bits per heavy atom. The van der Waals surface area contributed by atoms with E-state index in [1.807, 2.05) is 0 Å². The molecule has 0 radical (unpaired) electrons. The number of furan rings is 1. The predicted molar refractivity (Wildman–Crippen MR) is 82.9 cm³/mol. The third-order valence-corrected chi connectivity index (χ3v) is 5.66. The van der Waals surface area contributed by atoms with Gasteiger partial charge in [0.1, 0.15) is 4.90 Å². The second-order valence-electron chi connectivity index (χ2n) is 4.40. The first-order valence-corrected chi connectivity index (χ1v) is 8.73. The zero-order chi connectivity index (χ0) is 15.6. The van der Waals surface area contributed by atoms with E-state index < -0.39 is 15.7 Å². The average Bonchev–Trinajstić information content (AvgIpc) is 3.19. The first kappa shape index (κ1) is 14.6. The van der Waals surface area contributed by atoms with Gasteiger partial charge in [-0.15, -0.1) is 11.3 Å². The highest BCUT2D eigenvalue weighted by molar-refractivity contribution is 7.91. The number of thiophene rings is 1. The zero-order valence-corrected chi connectivity index (χ0v) is 12.9. The van der Waals surface area contributed by atoms with E-state index in [1.54, 1.807) is 29.6 Å². The maximum absolute atomic E-state index is 12.6. The molecule has 2 heterocycles. The molecule has 1 N–H and O–H groups in total. The van der Waals surface area contributed by atoms with E-state index in [4.69, 9.17) is 4.42 Å². The predicted octanol–water partition coefficient (Wildman–Crippen LogP) is 3.43. The number of nitrogens with one attached hydrogen (secondary N) is 1. The van der Waals surface area contributed by atoms with Gasteiger partial charge in [0.25, 0.3) is 5.91 Å². The van der Waals surface area contributed by atoms with E-state index >= 15 is 0 Å². The van der Waals surface area contributed by atoms with Crippen LogP contribution in [-0.4, -0.2) is 14.3 Å². The topological polar surface area (TPSA) is 76.4 Å². The maximum atomic E-state index is 12.6. The molecule has 1 aromatic carbocycles. The second-order valence-corrected chi connectivity index (χ2v) is 7.06. The quantitative estimate of drug-likeness (QED) is 0.793. The maximum Gasteiger partial charge on any atom is 0.291 e. The average molecular weight is 333 g/mol. The fourth-order valence-electron chi connectivity index (χ4n) is 1.90. The van der Waals surface area contributed by atoms with Crippen LogP contribution in [0.15, 0.2) is 73.7 Å². The molecule has 0 saturated carbocycles. The molecule has 0 atom stereocenters. The molecular weight excluding hydrogens is 322 g/mol. The Morgan fingerprint density at radius 2 is 1.82 bits per heavy atom. The summed E-state index contributed by atoms with van der Waals surface area (Å²) in [5, 5.41) is 5.65. The summed E-state index contributed by atoms with van der Waals surface area (Å²) in [6.45, 7) is 0. The number of hydrogen-bond acceptors (Lipinski definition) is 5. The van der Waals surface area contributed by atoms with Crippen LogP contribution in [0.1, 0.15) is 10.6 Å². The van der Waals surface area contributed by atoms with Crippen molar-refractivity contribution < 1.29 is 17.6 Å². The lowest BCUT2D eigenvalue weighted by atomic mass is 10.4. The third kappa shape index (κ3) is 2.68. The van der Waals surface area contributed by atoms with Crippen molar-refractivity contribution in [3.8, 4) is 0 Å². The van der Waals surface area contributed by atoms with E-state index in [9.17, 15) is 13.2 Å². The van der Waals surface area contributed by atoms with Crippen molar-refractivity contribution in [3.05, 3.63) is 65.2 Å². The van der Waals surface area contributed by atoms with Crippen molar-refractivity contribution in [3.63, 3.8) is 0 Å². The fraction of sp³-hybridized carbons (Fsp3) is 0. The molecular formula is C15H11NO4S2. The van der Waals surface area contributed by atoms with Gasteiger partial charge in [0, 0.05) is 10.8 Å². The molecule has 5 nitrogen and oxygen atoms in total. The van der Waals surface area contributed by atoms with Gasteiger partial charge >= 0.3 is 0 Å². The summed E-state index contributed by atoms with van der Waals surface area (Å²) in [4.78, 5) is 12.2. The van der Waals surface area contributed by atoms with E-state index in [0.717, 1.165) is 0 Å². The van der Waals surface area contributed by atoms with Crippen LogP contribution in [0, 0.1) is 0 Å². The molecule has 0 bridgehead atoms. The molecule has 2 aromatic heterocycles. The van der Waals surface area contributed by atoms with Crippen LogP contribution in [0.25, 0.3) is 0 Å². The van der Waals surface area contributed by atoms with Crippen molar-refractivity contribution in [2.24, 2.45) is 0 Å². The number of anilines is 1. The van der Waals surface area contributed by atoms with Gasteiger partial charge in [-0.2, -0.15) is 0 Å². The van der Waals surface area contributed by atoms with Crippen LogP contribution in [0.3, 0.4) is 0 Å². The Bertz CT molecular complexity index is 881. The first-order chi connectivity index (χ1) is 10.6. The summed E-state index contributed by atoms with van der Waals surface area (Å²) >= 11 is 1.20. The van der Waals surface area contributed by atoms with Crippen molar-refractivity contribution >= 4 is 32.8 Å². The number of carbonyl (C=O) groups excluding carboxylic acids is 1. The third-order valence-electron chi connectivity index (χ3n) is 2.96. The lowest BCUT2D eigenvalue weighted by molar-refractivity contribution is 0.0996. The summed E-state index contributed by atoms with van der Waals surface area (Å²) < 4.78 is 30.2. The van der Waals surface area contributed by atoms with Crippen molar-refractivity contribution in [1.29, 1.82) is 0 Å². The Balaban J connectivity index is 1.94. The first-order valence-electron chi connectivity index (χ1n) is 6.30. The minimum atomic E-state index is -3.68. The van der Waals surface area contributed by atoms with Crippen LogP contribution >= 0.6 is 11.3 Å². The van der Waals surface area contributed by atoms with Crippen molar-refractivity contribution in [2.45, 2.75) is 9.79 Å². The van der Waals surface area contributed by atoms with E-state index in [2.05, 4.69) is 5.32 Å². The van der Waals surface area contributed by atoms with Gasteiger partial charge in [-0.3, -0.25) is 4.79 Å². The molecule has 112 valence electrons. The summed E-state index contributed by atoms with van der Waals surface area (Å²) in [6, 6.07) is 11.2. The minimum absolute atomic E-state index is 0.0728. The van der Waals surface area contributed by atoms with Crippen molar-refractivity contribution in [2.75, 3.05) is 5.32 Å². The van der Waals surface area contributed by atoms with Crippen molar-refractivity contribution in [1.82, 2.24) is 0 Å². The lowest BCUT2D eigenvalue weighted by Crippen LogP contribution is -2.13. The fourth-order valence-corrected chi connectivity index (χ4v) is 4.46. The van der Waals surface area contributed by atoms with Crippen LogP contribution in [0.2, 0.25) is 0 Å². The van der Waals surface area contributed by atoms with Gasteiger partial charge in [0.2, 0.25) is 9.84 Å². The Labute approximate surface area is 131 Å². The highest BCUT2D eigenvalue weighted by atomic mass is 32.2. The van der Waals surface area contributed by atoms with Gasteiger partial charge in [0.15, 0.2) is 5.76 Å². The Morgan fingerprint density at radius 1 is 1.05 bits per heavy atom. The number of rotatable bonds is 4. The lowest BCUT2D eigenvalue weighted by Gasteiger charge is -2.07. The van der Waals surface area contributed by atoms with Crippen LogP contribution in [0.4, 0.5) is 5.69 Å². The van der Waals surface area contributed by atoms with E-state index in [0.29, 0.717) is 0 Å². The highest BCUT2D eigenvalue weighted by Gasteiger charge is 2.23. The highest BCUT2D eigenvalue weighted by Crippen LogP contribution is 2.31. The second kappa shape index (κ2) is 5.78. The molecule has 0 aliphatic heterocycles. The molecule has 7 heteroatoms. The number of amides is 1. The van der Waals surface area contributed by atoms with Gasteiger partial charge < -0.3 is 9.73 Å². The molecule has 0 aliphatic rings. The summed E-state index contributed by atoms with van der Waals surface area (Å²) in [6.07, 6.45) is 1.38. The van der Waals surface area contributed by atoms with Crippen LogP contribution in [0.5, 0.6) is 0 Å². The van der Waals surface area contributed by atoms with Gasteiger partial charge in [-0.25, -0.2) is 8.42 Å². The molecule has 22 heavy (non-hydrogen) atoms. The molecule has 0 saturated heterocycles. The standard InChI is InChI=1S/C15H11NO4S2/c17-15(13-7-4-8-20-13)16-12-9-21-10-14(12)22(18,19)11-5-2-1-3-6-11/h1-10H,(H,16,17). The summed E-state index contributed by atoms with van der Waals surface area (Å²) in [5.41, 5.74) is 0.246. The molecule has 0 unspecified atom stereocenters. The van der Waals surface area contributed by atoms with Gasteiger partial charge in [0.05, 0.1) is 16.8 Å². The molecule has 3 aromatic rings. The van der Waals surface area contributed by atoms with Gasteiger partial charge in [-0.05, 0) is 24.3 Å². The summed E-state index contributed by atoms with van der Waals surface area (Å²) in [7, 11) is -3.68. The molecule has 0 spiro atoms.